The number of quaternary nitrogens is 1. The van der Waals surface area contributed by atoms with Crippen LogP contribution in [0.1, 0.15) is 16.7 Å². The molecule has 0 amide bonds. The molecule has 0 bridgehead atoms. The van der Waals surface area contributed by atoms with Gasteiger partial charge in [0.15, 0.2) is 5.58 Å². The average Bonchev–Trinajstić information content (AvgIpc) is 2.60. The highest BCUT2D eigenvalue weighted by Crippen LogP contribution is 2.29. The summed E-state index contributed by atoms with van der Waals surface area (Å²) in [4.78, 5) is 12.9. The minimum Gasteiger partial charge on any atom is -0.445 e. The quantitative estimate of drug-likeness (QED) is 0.744. The predicted octanol–water partition coefficient (Wildman–Crippen LogP) is 2.22. The second kappa shape index (κ2) is 6.33. The summed E-state index contributed by atoms with van der Waals surface area (Å²) in [5.41, 5.74) is 2.77. The lowest BCUT2D eigenvalue weighted by Crippen LogP contribution is -3.12. The highest BCUT2D eigenvalue weighted by molar-refractivity contribution is 5.84. The van der Waals surface area contributed by atoms with Crippen LogP contribution in [-0.2, 0) is 13.0 Å². The fourth-order valence-corrected chi connectivity index (χ4v) is 3.38. The first kappa shape index (κ1) is 15.8. The third-order valence-corrected chi connectivity index (χ3v) is 4.74. The predicted molar refractivity (Wildman–Crippen MR) is 92.4 cm³/mol. The van der Waals surface area contributed by atoms with Crippen LogP contribution in [0.25, 0.3) is 11.0 Å². The first-order chi connectivity index (χ1) is 12.1. The van der Waals surface area contributed by atoms with Crippen LogP contribution in [0.2, 0.25) is 0 Å². The molecule has 1 N–H and O–H groups in total. The van der Waals surface area contributed by atoms with Crippen molar-refractivity contribution in [2.75, 3.05) is 13.3 Å². The Morgan fingerprint density at radius 2 is 2.04 bits per heavy atom. The number of ether oxygens (including phenoxy) is 1. The molecule has 4 rings (SSSR count). The zero-order valence-corrected chi connectivity index (χ0v) is 14.0. The molecule has 1 aromatic heterocycles. The number of benzene rings is 2. The molecule has 0 radical (unpaired) electrons. The average molecular weight is 340 g/mol. The molecule has 128 valence electrons. The summed E-state index contributed by atoms with van der Waals surface area (Å²) >= 11 is 0. The molecular weight excluding hydrogens is 321 g/mol. The van der Waals surface area contributed by atoms with Gasteiger partial charge in [-0.1, -0.05) is 18.2 Å². The third-order valence-electron chi connectivity index (χ3n) is 4.74. The van der Waals surface area contributed by atoms with Crippen LogP contribution in [0.15, 0.2) is 51.7 Å². The van der Waals surface area contributed by atoms with Crippen LogP contribution in [0.3, 0.4) is 0 Å². The van der Waals surface area contributed by atoms with Crippen LogP contribution in [-0.4, -0.2) is 13.3 Å². The molecule has 0 saturated carbocycles. The molecule has 1 unspecified atom stereocenters. The first-order valence-electron chi connectivity index (χ1n) is 8.38. The normalized spacial score (nSPS) is 16.5. The summed E-state index contributed by atoms with van der Waals surface area (Å²) in [6.07, 6.45) is 0.633. The molecule has 1 atom stereocenters. The highest BCUT2D eigenvalue weighted by Gasteiger charge is 2.24. The Hall–Kier alpha value is -2.66. The van der Waals surface area contributed by atoms with E-state index >= 15 is 0 Å². The van der Waals surface area contributed by atoms with Gasteiger partial charge in [0.25, 0.3) is 0 Å². The Bertz CT molecular complexity index is 996. The number of hydrogen-bond donors (Lipinski definition) is 1. The van der Waals surface area contributed by atoms with Crippen molar-refractivity contribution >= 4 is 11.0 Å². The fourth-order valence-electron chi connectivity index (χ4n) is 3.38. The molecule has 0 saturated heterocycles. The summed E-state index contributed by atoms with van der Waals surface area (Å²) in [6, 6.07) is 12.2. The molecule has 0 fully saturated rings. The van der Waals surface area contributed by atoms with Gasteiger partial charge in [0.2, 0.25) is 6.73 Å². The maximum absolute atomic E-state index is 13.8. The molecule has 4 nitrogen and oxygen atoms in total. The molecule has 1 aliphatic rings. The number of aryl methyl sites for hydroxylation is 1. The van der Waals surface area contributed by atoms with Gasteiger partial charge < -0.3 is 9.15 Å². The van der Waals surface area contributed by atoms with Crippen molar-refractivity contribution in [2.24, 2.45) is 0 Å². The molecule has 2 heterocycles. The Morgan fingerprint density at radius 1 is 1.20 bits per heavy atom. The number of rotatable bonds is 3. The Balaban J connectivity index is 1.61. The standard InChI is InChI=1S/C20H18FNO3/c1-13-10-19(23)25-20-15(13)6-7-18-16(20)11-22(12-24-18)9-8-14-4-2-3-5-17(14)21/h2-7,10H,8-9,11-12H2,1H3/p+1. The smallest absolute Gasteiger partial charge is 0.336 e. The minimum atomic E-state index is -0.350. The van der Waals surface area contributed by atoms with Gasteiger partial charge in [-0.15, -0.1) is 0 Å². The zero-order chi connectivity index (χ0) is 17.4. The second-order valence-corrected chi connectivity index (χ2v) is 6.47. The summed E-state index contributed by atoms with van der Waals surface area (Å²) < 4.78 is 25.1. The largest absolute Gasteiger partial charge is 0.445 e. The van der Waals surface area contributed by atoms with Crippen molar-refractivity contribution in [3.63, 3.8) is 0 Å². The Labute approximate surface area is 144 Å². The van der Waals surface area contributed by atoms with Crippen molar-refractivity contribution in [3.05, 3.63) is 75.4 Å². The lowest BCUT2D eigenvalue weighted by molar-refractivity contribution is -0.932. The lowest BCUT2D eigenvalue weighted by Gasteiger charge is -2.26. The summed E-state index contributed by atoms with van der Waals surface area (Å²) in [7, 11) is 0. The van der Waals surface area contributed by atoms with Crippen LogP contribution in [0.5, 0.6) is 5.75 Å². The van der Waals surface area contributed by atoms with Crippen LogP contribution in [0.4, 0.5) is 4.39 Å². The van der Waals surface area contributed by atoms with E-state index < -0.39 is 0 Å². The molecule has 5 heteroatoms. The van der Waals surface area contributed by atoms with Crippen LogP contribution >= 0.6 is 0 Å². The zero-order valence-electron chi connectivity index (χ0n) is 14.0. The fraction of sp³-hybridized carbons (Fsp3) is 0.250. The van der Waals surface area contributed by atoms with Gasteiger partial charge in [-0.05, 0) is 36.2 Å². The highest BCUT2D eigenvalue weighted by atomic mass is 19.1. The number of nitrogens with one attached hydrogen (secondary N) is 1. The summed E-state index contributed by atoms with van der Waals surface area (Å²) in [5.74, 6) is 0.586. The third kappa shape index (κ3) is 3.03. The van der Waals surface area contributed by atoms with Crippen molar-refractivity contribution in [1.82, 2.24) is 0 Å². The van der Waals surface area contributed by atoms with E-state index in [2.05, 4.69) is 0 Å². The van der Waals surface area contributed by atoms with Gasteiger partial charge in [-0.2, -0.15) is 0 Å². The first-order valence-corrected chi connectivity index (χ1v) is 8.38. The van der Waals surface area contributed by atoms with Gasteiger partial charge in [0.1, 0.15) is 18.1 Å². The van der Waals surface area contributed by atoms with E-state index in [9.17, 15) is 9.18 Å². The number of hydrogen-bond acceptors (Lipinski definition) is 3. The van der Waals surface area contributed by atoms with E-state index in [4.69, 9.17) is 9.15 Å². The molecule has 3 aromatic rings. The summed E-state index contributed by atoms with van der Waals surface area (Å²) in [5, 5.41) is 0.928. The molecule has 2 aromatic carbocycles. The Morgan fingerprint density at radius 3 is 2.88 bits per heavy atom. The molecule has 1 aliphatic heterocycles. The topological polar surface area (TPSA) is 43.9 Å². The van der Waals surface area contributed by atoms with Crippen LogP contribution in [0, 0.1) is 12.7 Å². The minimum absolute atomic E-state index is 0.174. The van der Waals surface area contributed by atoms with Crippen molar-refractivity contribution < 1.29 is 18.4 Å². The molecular formula is C20H19FNO3+. The maximum atomic E-state index is 13.8. The van der Waals surface area contributed by atoms with E-state index in [1.54, 1.807) is 6.07 Å². The number of fused-ring (bicyclic) bond motifs is 3. The van der Waals surface area contributed by atoms with Crippen molar-refractivity contribution in [2.45, 2.75) is 19.9 Å². The van der Waals surface area contributed by atoms with Gasteiger partial charge in [0.05, 0.1) is 12.1 Å². The van der Waals surface area contributed by atoms with E-state index in [1.165, 1.54) is 17.0 Å². The second-order valence-electron chi connectivity index (χ2n) is 6.47. The molecule has 25 heavy (non-hydrogen) atoms. The van der Waals surface area contributed by atoms with Crippen LogP contribution < -0.4 is 15.3 Å². The SMILES string of the molecule is Cc1cc(=O)oc2c3c(ccc12)OC[NH+](CCc1ccccc1F)C3. The molecule has 0 spiro atoms. The van der Waals surface area contributed by atoms with E-state index in [0.717, 1.165) is 28.8 Å². The maximum Gasteiger partial charge on any atom is 0.336 e. The van der Waals surface area contributed by atoms with Crippen molar-refractivity contribution in [1.29, 1.82) is 0 Å². The monoisotopic (exact) mass is 340 g/mol. The van der Waals surface area contributed by atoms with Crippen molar-refractivity contribution in [3.8, 4) is 5.75 Å². The number of halogens is 1. The van der Waals surface area contributed by atoms with Gasteiger partial charge in [-0.3, -0.25) is 4.90 Å². The van der Waals surface area contributed by atoms with E-state index in [-0.39, 0.29) is 11.4 Å². The van der Waals surface area contributed by atoms with Gasteiger partial charge in [0, 0.05) is 17.9 Å². The van der Waals surface area contributed by atoms with Gasteiger partial charge in [-0.25, -0.2) is 9.18 Å². The van der Waals surface area contributed by atoms with E-state index in [0.29, 0.717) is 30.8 Å². The Kier molecular flexibility index (Phi) is 4.01. The van der Waals surface area contributed by atoms with Gasteiger partial charge >= 0.3 is 5.63 Å². The lowest BCUT2D eigenvalue weighted by atomic mass is 10.0. The van der Waals surface area contributed by atoms with E-state index in [1.807, 2.05) is 31.2 Å². The summed E-state index contributed by atoms with van der Waals surface area (Å²) in [6.45, 7) is 3.85. The molecule has 0 aliphatic carbocycles.